The highest BCUT2D eigenvalue weighted by atomic mass is 79.9. The van der Waals surface area contributed by atoms with E-state index in [1.807, 2.05) is 19.9 Å². The molecule has 0 atom stereocenters. The Morgan fingerprint density at radius 2 is 1.95 bits per heavy atom. The summed E-state index contributed by atoms with van der Waals surface area (Å²) in [6.45, 7) is 3.46. The molecule has 2 aromatic rings. The summed E-state index contributed by atoms with van der Waals surface area (Å²) in [5, 5.41) is 3.01. The fourth-order valence-corrected chi connectivity index (χ4v) is 2.90. The zero-order valence-electron chi connectivity index (χ0n) is 11.5. The first-order valence-corrected chi connectivity index (χ1v) is 7.71. The van der Waals surface area contributed by atoms with Gasteiger partial charge in [-0.25, -0.2) is 9.78 Å². The van der Waals surface area contributed by atoms with Gasteiger partial charge in [-0.3, -0.25) is 10.1 Å². The molecule has 0 saturated carbocycles. The van der Waals surface area contributed by atoms with E-state index in [-0.39, 0.29) is 6.61 Å². The first kappa shape index (κ1) is 15.7. The van der Waals surface area contributed by atoms with Crippen LogP contribution >= 0.6 is 27.3 Å². The molecule has 0 saturated heterocycles. The zero-order chi connectivity index (χ0) is 15.4. The maximum absolute atomic E-state index is 11.9. The number of carbonyl (C=O) groups excluding carboxylic acids is 2. The minimum atomic E-state index is -0.516. The molecule has 2 rings (SSSR count). The molecular weight excluding hydrogens is 356 g/mol. The fraction of sp³-hybridized carbons (Fsp3) is 0.214. The molecule has 0 fully saturated rings. The molecule has 1 heterocycles. The van der Waals surface area contributed by atoms with E-state index in [9.17, 15) is 9.59 Å². The van der Waals surface area contributed by atoms with Crippen molar-refractivity contribution in [2.75, 3.05) is 11.9 Å². The second-order valence-electron chi connectivity index (χ2n) is 4.47. The van der Waals surface area contributed by atoms with Crippen LogP contribution in [-0.4, -0.2) is 23.5 Å². The number of amides is 1. The Bertz CT molecular complexity index is 664. The van der Waals surface area contributed by atoms with Crippen molar-refractivity contribution in [3.63, 3.8) is 0 Å². The average molecular weight is 369 g/mol. The number of benzene rings is 1. The Labute approximate surface area is 134 Å². The highest BCUT2D eigenvalue weighted by molar-refractivity contribution is 9.11. The highest BCUT2D eigenvalue weighted by Gasteiger charge is 2.12. The predicted octanol–water partition coefficient (Wildman–Crippen LogP) is 3.32. The van der Waals surface area contributed by atoms with Crippen LogP contribution in [0.1, 0.15) is 21.5 Å². The summed E-state index contributed by atoms with van der Waals surface area (Å²) in [5.41, 5.74) is 2.38. The van der Waals surface area contributed by atoms with Crippen LogP contribution in [0.3, 0.4) is 0 Å². The molecule has 0 radical (unpaired) electrons. The maximum atomic E-state index is 11.9. The number of carbonyl (C=O) groups is 2. The van der Waals surface area contributed by atoms with Crippen LogP contribution in [0, 0.1) is 13.8 Å². The summed E-state index contributed by atoms with van der Waals surface area (Å²) in [5.74, 6) is -0.938. The Morgan fingerprint density at radius 1 is 1.29 bits per heavy atom. The number of esters is 1. The topological polar surface area (TPSA) is 68.3 Å². The number of thiazole rings is 1. The van der Waals surface area contributed by atoms with E-state index in [0.717, 1.165) is 14.9 Å². The quantitative estimate of drug-likeness (QED) is 0.840. The number of hydrogen-bond acceptors (Lipinski definition) is 5. The molecule has 0 bridgehead atoms. The zero-order valence-corrected chi connectivity index (χ0v) is 13.9. The minimum Gasteiger partial charge on any atom is -0.452 e. The number of rotatable bonds is 4. The first-order chi connectivity index (χ1) is 9.94. The molecule has 0 aliphatic carbocycles. The van der Waals surface area contributed by atoms with Gasteiger partial charge in [0.15, 0.2) is 11.7 Å². The third-order valence-corrected chi connectivity index (χ3v) is 3.91. The molecule has 1 aromatic heterocycles. The van der Waals surface area contributed by atoms with Crippen molar-refractivity contribution in [3.8, 4) is 0 Å². The van der Waals surface area contributed by atoms with Gasteiger partial charge in [-0.2, -0.15) is 0 Å². The van der Waals surface area contributed by atoms with Crippen molar-refractivity contribution in [1.82, 2.24) is 4.98 Å². The van der Waals surface area contributed by atoms with Crippen LogP contribution in [-0.2, 0) is 9.53 Å². The van der Waals surface area contributed by atoms with Crippen molar-refractivity contribution in [3.05, 3.63) is 44.9 Å². The monoisotopic (exact) mass is 368 g/mol. The Morgan fingerprint density at radius 3 is 2.52 bits per heavy atom. The van der Waals surface area contributed by atoms with Gasteiger partial charge in [0.25, 0.3) is 5.91 Å². The summed E-state index contributed by atoms with van der Waals surface area (Å²) in [4.78, 5) is 27.5. The maximum Gasteiger partial charge on any atom is 0.338 e. The summed E-state index contributed by atoms with van der Waals surface area (Å²) in [6, 6.07) is 5.42. The molecule has 0 unspecified atom stereocenters. The van der Waals surface area contributed by atoms with Crippen LogP contribution in [0.25, 0.3) is 0 Å². The molecule has 5 nitrogen and oxygen atoms in total. The van der Waals surface area contributed by atoms with E-state index in [4.69, 9.17) is 4.74 Å². The Balaban J connectivity index is 1.90. The lowest BCUT2D eigenvalue weighted by atomic mass is 10.1. The lowest BCUT2D eigenvalue weighted by Gasteiger charge is -2.06. The van der Waals surface area contributed by atoms with Crippen molar-refractivity contribution >= 4 is 44.3 Å². The SMILES string of the molecule is Cc1cc(C)cc(C(=O)OCC(=O)Nc2ncc(Br)s2)c1. The molecular formula is C14H13BrN2O3S. The number of nitrogens with zero attached hydrogens (tertiary/aromatic N) is 1. The molecule has 0 spiro atoms. The Hall–Kier alpha value is -1.73. The van der Waals surface area contributed by atoms with Crippen molar-refractivity contribution in [2.24, 2.45) is 0 Å². The predicted molar refractivity (Wildman–Crippen MR) is 84.6 cm³/mol. The van der Waals surface area contributed by atoms with Gasteiger partial charge in [0.1, 0.15) is 0 Å². The molecule has 0 aliphatic rings. The van der Waals surface area contributed by atoms with Crippen LogP contribution in [0.2, 0.25) is 0 Å². The number of ether oxygens (including phenoxy) is 1. The summed E-state index contributed by atoms with van der Waals surface area (Å²) in [6.07, 6.45) is 1.59. The number of aryl methyl sites for hydroxylation is 2. The lowest BCUT2D eigenvalue weighted by Crippen LogP contribution is -2.20. The van der Waals surface area contributed by atoms with Gasteiger partial charge in [-0.05, 0) is 41.9 Å². The van der Waals surface area contributed by atoms with Gasteiger partial charge in [0.2, 0.25) is 0 Å². The third kappa shape index (κ3) is 4.64. The molecule has 1 aromatic carbocycles. The molecule has 0 aliphatic heterocycles. The van der Waals surface area contributed by atoms with Crippen LogP contribution in [0.5, 0.6) is 0 Å². The van der Waals surface area contributed by atoms with Crippen molar-refractivity contribution < 1.29 is 14.3 Å². The van der Waals surface area contributed by atoms with Gasteiger partial charge in [-0.1, -0.05) is 28.5 Å². The van der Waals surface area contributed by atoms with Crippen LogP contribution < -0.4 is 5.32 Å². The molecule has 110 valence electrons. The molecule has 1 amide bonds. The number of nitrogens with one attached hydrogen (secondary N) is 1. The second kappa shape index (κ2) is 6.82. The second-order valence-corrected chi connectivity index (χ2v) is 6.88. The summed E-state index contributed by atoms with van der Waals surface area (Å²) >= 11 is 4.53. The van der Waals surface area contributed by atoms with Gasteiger partial charge in [-0.15, -0.1) is 0 Å². The van der Waals surface area contributed by atoms with E-state index in [1.54, 1.807) is 18.3 Å². The van der Waals surface area contributed by atoms with Gasteiger partial charge < -0.3 is 4.74 Å². The molecule has 21 heavy (non-hydrogen) atoms. The van der Waals surface area contributed by atoms with E-state index in [0.29, 0.717) is 10.7 Å². The fourth-order valence-electron chi connectivity index (χ4n) is 1.77. The number of aromatic nitrogens is 1. The first-order valence-electron chi connectivity index (χ1n) is 6.10. The van der Waals surface area contributed by atoms with Crippen molar-refractivity contribution in [2.45, 2.75) is 13.8 Å². The van der Waals surface area contributed by atoms with E-state index in [1.165, 1.54) is 11.3 Å². The molecule has 1 N–H and O–H groups in total. The van der Waals surface area contributed by atoms with Gasteiger partial charge in [0.05, 0.1) is 15.5 Å². The summed E-state index contributed by atoms with van der Waals surface area (Å²) in [7, 11) is 0. The highest BCUT2D eigenvalue weighted by Crippen LogP contribution is 2.22. The number of anilines is 1. The van der Waals surface area contributed by atoms with Crippen molar-refractivity contribution in [1.29, 1.82) is 0 Å². The largest absolute Gasteiger partial charge is 0.452 e. The van der Waals surface area contributed by atoms with Gasteiger partial charge in [0, 0.05) is 0 Å². The average Bonchev–Trinajstić information content (AvgIpc) is 2.80. The van der Waals surface area contributed by atoms with E-state index < -0.39 is 11.9 Å². The number of hydrogen-bond donors (Lipinski definition) is 1. The normalized spacial score (nSPS) is 10.2. The standard InChI is InChI=1S/C14H13BrN2O3S/c1-8-3-9(2)5-10(4-8)13(19)20-7-12(18)17-14-16-6-11(15)21-14/h3-6H,7H2,1-2H3,(H,16,17,18). The van der Waals surface area contributed by atoms with E-state index >= 15 is 0 Å². The van der Waals surface area contributed by atoms with Crippen LogP contribution in [0.15, 0.2) is 28.2 Å². The number of halogens is 1. The van der Waals surface area contributed by atoms with Gasteiger partial charge >= 0.3 is 5.97 Å². The van der Waals surface area contributed by atoms with Crippen LogP contribution in [0.4, 0.5) is 5.13 Å². The summed E-state index contributed by atoms with van der Waals surface area (Å²) < 4.78 is 5.80. The Kier molecular flexibility index (Phi) is 5.08. The third-order valence-electron chi connectivity index (χ3n) is 2.52. The smallest absolute Gasteiger partial charge is 0.338 e. The minimum absolute atomic E-state index is 0.344. The lowest BCUT2D eigenvalue weighted by molar-refractivity contribution is -0.119. The molecule has 7 heteroatoms. The van der Waals surface area contributed by atoms with E-state index in [2.05, 4.69) is 26.2 Å².